The Morgan fingerprint density at radius 1 is 1.11 bits per heavy atom. The first-order chi connectivity index (χ1) is 9.06. The zero-order valence-corrected chi connectivity index (χ0v) is 10.7. The van der Waals surface area contributed by atoms with E-state index >= 15 is 0 Å². The second kappa shape index (κ2) is 3.98. The van der Waals surface area contributed by atoms with Crippen LogP contribution in [0.5, 0.6) is 5.75 Å². The first-order valence-electron chi connectivity index (χ1n) is 5.95. The molecule has 19 heavy (non-hydrogen) atoms. The van der Waals surface area contributed by atoms with Crippen LogP contribution < -0.4 is 4.85 Å². The van der Waals surface area contributed by atoms with Gasteiger partial charge in [-0.05, 0) is 54.0 Å². The summed E-state index contributed by atoms with van der Waals surface area (Å²) in [6.07, 6.45) is 0. The number of aryl methyl sites for hydroxylation is 2. The van der Waals surface area contributed by atoms with E-state index in [1.165, 1.54) is 4.80 Å². The van der Waals surface area contributed by atoms with Gasteiger partial charge in [-0.15, -0.1) is 4.85 Å². The molecule has 3 aromatic rings. The van der Waals surface area contributed by atoms with Gasteiger partial charge >= 0.3 is 0 Å². The summed E-state index contributed by atoms with van der Waals surface area (Å²) < 4.78 is 0. The highest BCUT2D eigenvalue weighted by atomic mass is 16.5. The van der Waals surface area contributed by atoms with Crippen molar-refractivity contribution in [2.45, 2.75) is 13.8 Å². The fourth-order valence-corrected chi connectivity index (χ4v) is 2.07. The minimum Gasteiger partial charge on any atom is -0.692 e. The Kier molecular flexibility index (Phi) is 2.41. The van der Waals surface area contributed by atoms with Crippen LogP contribution in [0.1, 0.15) is 11.1 Å². The summed E-state index contributed by atoms with van der Waals surface area (Å²) in [5.74, 6) is 0.0275. The monoisotopic (exact) mass is 255 g/mol. The number of phenolic OH excluding ortho intramolecular Hbond substituents is 1. The summed E-state index contributed by atoms with van der Waals surface area (Å²) in [7, 11) is 0. The molecule has 0 atom stereocenters. The third kappa shape index (κ3) is 1.79. The van der Waals surface area contributed by atoms with Crippen LogP contribution in [0.2, 0.25) is 0 Å². The number of phenols is 1. The predicted molar refractivity (Wildman–Crippen MR) is 71.2 cm³/mol. The van der Waals surface area contributed by atoms with Crippen molar-refractivity contribution in [1.82, 2.24) is 9.90 Å². The molecule has 2 aromatic carbocycles. The van der Waals surface area contributed by atoms with E-state index in [4.69, 9.17) is 0 Å². The zero-order valence-electron chi connectivity index (χ0n) is 10.7. The summed E-state index contributed by atoms with van der Waals surface area (Å²) in [5.41, 5.74) is 3.45. The van der Waals surface area contributed by atoms with Crippen molar-refractivity contribution < 1.29 is 9.95 Å². The summed E-state index contributed by atoms with van der Waals surface area (Å²) in [6.45, 7) is 3.84. The molecule has 0 amide bonds. The number of hydrogen-bond acceptors (Lipinski definition) is 3. The molecule has 1 aromatic heterocycles. The quantitative estimate of drug-likeness (QED) is 0.534. The Morgan fingerprint density at radius 3 is 2.58 bits per heavy atom. The number of aromatic hydroxyl groups is 1. The fourth-order valence-electron chi connectivity index (χ4n) is 2.07. The molecule has 1 N–H and O–H groups in total. The predicted octanol–water partition coefficient (Wildman–Crippen LogP) is 1.98. The Balaban J connectivity index is 2.30. The highest BCUT2D eigenvalue weighted by molar-refractivity contribution is 5.71. The lowest BCUT2D eigenvalue weighted by atomic mass is 10.2. The molecule has 5 nitrogen and oxygen atoms in total. The summed E-state index contributed by atoms with van der Waals surface area (Å²) >= 11 is 0. The van der Waals surface area contributed by atoms with E-state index in [1.807, 2.05) is 26.0 Å². The lowest BCUT2D eigenvalue weighted by Gasteiger charge is -2.06. The van der Waals surface area contributed by atoms with Gasteiger partial charge in [-0.2, -0.15) is 0 Å². The Hall–Kier alpha value is -2.56. The molecule has 0 saturated heterocycles. The van der Waals surface area contributed by atoms with Gasteiger partial charge in [0.05, 0.1) is 5.10 Å². The van der Waals surface area contributed by atoms with Crippen LogP contribution in [0, 0.1) is 19.1 Å². The average Bonchev–Trinajstić information content (AvgIpc) is 2.69. The van der Waals surface area contributed by atoms with Crippen LogP contribution >= 0.6 is 0 Å². The van der Waals surface area contributed by atoms with Crippen LogP contribution in [0.4, 0.5) is 0 Å². The van der Waals surface area contributed by atoms with E-state index < -0.39 is 0 Å². The maximum atomic E-state index is 12.2. The van der Waals surface area contributed by atoms with Gasteiger partial charge in [-0.1, -0.05) is 12.1 Å². The minimum atomic E-state index is 0.0275. The van der Waals surface area contributed by atoms with Crippen LogP contribution in [0.3, 0.4) is 0 Å². The normalized spacial score (nSPS) is 11.1. The number of benzene rings is 2. The maximum absolute atomic E-state index is 12.2. The highest BCUT2D eigenvalue weighted by Crippen LogP contribution is 2.22. The molecule has 0 saturated carbocycles. The van der Waals surface area contributed by atoms with Crippen LogP contribution in [0.15, 0.2) is 36.4 Å². The van der Waals surface area contributed by atoms with Gasteiger partial charge in [0.2, 0.25) is 5.52 Å². The van der Waals surface area contributed by atoms with Gasteiger partial charge in [0.25, 0.3) is 5.52 Å². The van der Waals surface area contributed by atoms with Crippen molar-refractivity contribution in [3.8, 4) is 11.4 Å². The van der Waals surface area contributed by atoms with Gasteiger partial charge in [-0.3, -0.25) is 0 Å². The molecule has 0 fully saturated rings. The highest BCUT2D eigenvalue weighted by Gasteiger charge is 2.18. The third-order valence-corrected chi connectivity index (χ3v) is 3.06. The van der Waals surface area contributed by atoms with Crippen molar-refractivity contribution >= 4 is 11.0 Å². The number of nitrogens with zero attached hydrogens (tertiary/aromatic N) is 3. The summed E-state index contributed by atoms with van der Waals surface area (Å²) in [5, 5.41) is 26.3. The van der Waals surface area contributed by atoms with Gasteiger partial charge in [-0.25, -0.2) is 0 Å². The van der Waals surface area contributed by atoms with Gasteiger partial charge in [0.1, 0.15) is 5.75 Å². The van der Waals surface area contributed by atoms with Gasteiger partial charge in [0, 0.05) is 0 Å². The van der Waals surface area contributed by atoms with E-state index in [1.54, 1.807) is 24.3 Å². The second-order valence-corrected chi connectivity index (χ2v) is 4.65. The topological polar surface area (TPSA) is 65.0 Å². The fraction of sp³-hybridized carbons (Fsp3) is 0.143. The molecule has 96 valence electrons. The number of rotatable bonds is 1. The number of fused-ring (bicyclic) bond motifs is 1. The maximum Gasteiger partial charge on any atom is 0.250 e. The van der Waals surface area contributed by atoms with E-state index in [0.717, 1.165) is 11.1 Å². The van der Waals surface area contributed by atoms with Crippen molar-refractivity contribution in [2.24, 2.45) is 0 Å². The standard InChI is InChI=1S/C14H13N3O2/c1-9-3-5-12-11(7-9)15-16(17(12)19)13-8-10(2)4-6-14(13)18/h3-8,18H,1-2H3. The van der Waals surface area contributed by atoms with E-state index in [2.05, 4.69) is 5.10 Å². The summed E-state index contributed by atoms with van der Waals surface area (Å²) in [4.78, 5) is 1.86. The molecule has 0 aliphatic rings. The molecule has 0 aliphatic heterocycles. The van der Waals surface area contributed by atoms with Crippen LogP contribution in [0.25, 0.3) is 16.7 Å². The van der Waals surface area contributed by atoms with Crippen molar-refractivity contribution in [1.29, 1.82) is 0 Å². The molecule has 0 radical (unpaired) electrons. The largest absolute Gasteiger partial charge is 0.692 e. The molecule has 0 spiro atoms. The first kappa shape index (κ1) is 11.5. The number of aromatic nitrogens is 3. The SMILES string of the molecule is Cc1ccc(O)c(-n2nc3cc(C)ccc3[n+]2[O-])c1. The van der Waals surface area contributed by atoms with Crippen molar-refractivity contribution in [3.63, 3.8) is 0 Å². The Morgan fingerprint density at radius 2 is 1.79 bits per heavy atom. The molecule has 0 bridgehead atoms. The van der Waals surface area contributed by atoms with Gasteiger partial charge < -0.3 is 10.3 Å². The van der Waals surface area contributed by atoms with Crippen molar-refractivity contribution in [2.75, 3.05) is 0 Å². The molecule has 1 heterocycles. The Bertz CT molecular complexity index is 778. The summed E-state index contributed by atoms with van der Waals surface area (Å²) in [6, 6.07) is 10.5. The molecule has 3 rings (SSSR count). The smallest absolute Gasteiger partial charge is 0.250 e. The second-order valence-electron chi connectivity index (χ2n) is 4.65. The average molecular weight is 255 g/mol. The van der Waals surface area contributed by atoms with Gasteiger partial charge in [0.15, 0.2) is 5.69 Å². The lowest BCUT2D eigenvalue weighted by molar-refractivity contribution is -0.664. The molecular formula is C14H13N3O2. The van der Waals surface area contributed by atoms with Crippen LogP contribution in [-0.4, -0.2) is 15.0 Å². The van der Waals surface area contributed by atoms with E-state index in [0.29, 0.717) is 21.6 Å². The van der Waals surface area contributed by atoms with E-state index in [-0.39, 0.29) is 5.75 Å². The van der Waals surface area contributed by atoms with Crippen LogP contribution in [-0.2, 0) is 0 Å². The third-order valence-electron chi connectivity index (χ3n) is 3.06. The molecule has 5 heteroatoms. The van der Waals surface area contributed by atoms with Crippen molar-refractivity contribution in [3.05, 3.63) is 52.7 Å². The Labute approximate surface area is 109 Å². The molecular weight excluding hydrogens is 242 g/mol. The lowest BCUT2D eigenvalue weighted by Crippen LogP contribution is -2.37. The number of hydrogen-bond donors (Lipinski definition) is 1. The first-order valence-corrected chi connectivity index (χ1v) is 5.95. The zero-order chi connectivity index (χ0) is 13.6. The van der Waals surface area contributed by atoms with E-state index in [9.17, 15) is 10.3 Å². The minimum absolute atomic E-state index is 0.0275. The molecule has 0 unspecified atom stereocenters. The molecule has 0 aliphatic carbocycles.